The van der Waals surface area contributed by atoms with Gasteiger partial charge in [-0.1, -0.05) is 39.3 Å². The fourth-order valence-corrected chi connectivity index (χ4v) is 3.55. The second-order valence-electron chi connectivity index (χ2n) is 5.83. The third kappa shape index (κ3) is 2.04. The third-order valence-electron chi connectivity index (χ3n) is 4.34. The van der Waals surface area contributed by atoms with Gasteiger partial charge in [-0.2, -0.15) is 0 Å². The Morgan fingerprint density at radius 2 is 1.71 bits per heavy atom. The van der Waals surface area contributed by atoms with Crippen LogP contribution in [0.3, 0.4) is 0 Å². The van der Waals surface area contributed by atoms with Gasteiger partial charge in [-0.05, 0) is 48.9 Å². The van der Waals surface area contributed by atoms with E-state index in [9.17, 15) is 0 Å². The van der Waals surface area contributed by atoms with E-state index < -0.39 is 0 Å². The van der Waals surface area contributed by atoms with Gasteiger partial charge in [0.25, 0.3) is 0 Å². The second-order valence-corrected chi connectivity index (χ2v) is 5.83. The van der Waals surface area contributed by atoms with Gasteiger partial charge < -0.3 is 0 Å². The summed E-state index contributed by atoms with van der Waals surface area (Å²) in [5.41, 5.74) is 0. The highest BCUT2D eigenvalue weighted by atomic mass is 14.4. The van der Waals surface area contributed by atoms with Gasteiger partial charge in [-0.3, -0.25) is 0 Å². The molecule has 2 rings (SSSR count). The van der Waals surface area contributed by atoms with Crippen LogP contribution in [0.25, 0.3) is 0 Å². The molecule has 5 unspecified atom stereocenters. The molecule has 0 amide bonds. The first-order valence-electron chi connectivity index (χ1n) is 6.35. The highest BCUT2D eigenvalue weighted by Crippen LogP contribution is 2.42. The molecule has 2 aliphatic carbocycles. The summed E-state index contributed by atoms with van der Waals surface area (Å²) in [5.74, 6) is 4.63. The van der Waals surface area contributed by atoms with E-state index in [1.54, 1.807) is 0 Å². The quantitative estimate of drug-likeness (QED) is 0.544. The molecule has 0 bridgehead atoms. The van der Waals surface area contributed by atoms with E-state index in [0.717, 1.165) is 29.6 Å². The normalized spacial score (nSPS) is 48.4. The molecule has 0 spiro atoms. The maximum absolute atomic E-state index is 2.53. The largest absolute Gasteiger partial charge is 0.0854 e. The van der Waals surface area contributed by atoms with E-state index in [0.29, 0.717) is 0 Å². The Hall–Kier alpha value is -0.260. The van der Waals surface area contributed by atoms with Crippen LogP contribution in [0.1, 0.15) is 46.5 Å². The van der Waals surface area contributed by atoms with Crippen molar-refractivity contribution in [2.75, 3.05) is 0 Å². The van der Waals surface area contributed by atoms with Crippen LogP contribution in [-0.2, 0) is 0 Å². The van der Waals surface area contributed by atoms with Crippen molar-refractivity contribution in [1.82, 2.24) is 0 Å². The Morgan fingerprint density at radius 1 is 0.929 bits per heavy atom. The smallest absolute Gasteiger partial charge is 0.0179 e. The Morgan fingerprint density at radius 3 is 2.29 bits per heavy atom. The molecular weight excluding hydrogens is 168 g/mol. The second kappa shape index (κ2) is 4.08. The van der Waals surface area contributed by atoms with Gasteiger partial charge >= 0.3 is 0 Å². The molecule has 0 aromatic carbocycles. The molecule has 2 aliphatic rings. The summed E-state index contributed by atoms with van der Waals surface area (Å²) < 4.78 is 0. The Kier molecular flexibility index (Phi) is 2.99. The van der Waals surface area contributed by atoms with Gasteiger partial charge in [-0.25, -0.2) is 0 Å². The Labute approximate surface area is 88.8 Å². The lowest BCUT2D eigenvalue weighted by molar-refractivity contribution is 0.251. The van der Waals surface area contributed by atoms with E-state index >= 15 is 0 Å². The van der Waals surface area contributed by atoms with E-state index in [2.05, 4.69) is 32.9 Å². The lowest BCUT2D eigenvalue weighted by Crippen LogP contribution is -2.23. The maximum Gasteiger partial charge on any atom is -0.0179 e. The van der Waals surface area contributed by atoms with E-state index in [1.807, 2.05) is 0 Å². The third-order valence-corrected chi connectivity index (χ3v) is 4.34. The highest BCUT2D eigenvalue weighted by Gasteiger charge is 2.32. The molecular formula is C14H24. The molecule has 14 heavy (non-hydrogen) atoms. The average molecular weight is 192 g/mol. The number of allylic oxidation sites excluding steroid dienone is 2. The van der Waals surface area contributed by atoms with Gasteiger partial charge in [0.15, 0.2) is 0 Å². The number of hydrogen-bond donors (Lipinski definition) is 0. The van der Waals surface area contributed by atoms with Crippen molar-refractivity contribution in [3.8, 4) is 0 Å². The summed E-state index contributed by atoms with van der Waals surface area (Å²) in [6, 6.07) is 0. The molecule has 1 fully saturated rings. The maximum atomic E-state index is 2.53. The van der Waals surface area contributed by atoms with Gasteiger partial charge in [0.05, 0.1) is 0 Å². The van der Waals surface area contributed by atoms with Crippen molar-refractivity contribution in [1.29, 1.82) is 0 Å². The first kappa shape index (κ1) is 10.3. The van der Waals surface area contributed by atoms with Gasteiger partial charge in [-0.15, -0.1) is 0 Å². The summed E-state index contributed by atoms with van der Waals surface area (Å²) in [7, 11) is 0. The van der Waals surface area contributed by atoms with Crippen molar-refractivity contribution in [2.45, 2.75) is 46.5 Å². The zero-order chi connectivity index (χ0) is 10.1. The molecule has 0 radical (unpaired) electrons. The van der Waals surface area contributed by atoms with Crippen LogP contribution in [0, 0.1) is 29.6 Å². The summed E-state index contributed by atoms with van der Waals surface area (Å²) in [6.45, 7) is 7.22. The number of hydrogen-bond acceptors (Lipinski definition) is 0. The summed E-state index contributed by atoms with van der Waals surface area (Å²) in [5, 5.41) is 0. The molecule has 0 nitrogen and oxygen atoms in total. The zero-order valence-electron chi connectivity index (χ0n) is 9.87. The molecule has 0 heteroatoms. The monoisotopic (exact) mass is 192 g/mol. The fraction of sp³-hybridized carbons (Fsp3) is 0.857. The van der Waals surface area contributed by atoms with E-state index in [1.165, 1.54) is 25.7 Å². The predicted octanol–water partition coefficient (Wildman–Crippen LogP) is 4.27. The van der Waals surface area contributed by atoms with Crippen LogP contribution in [0.5, 0.6) is 0 Å². The minimum atomic E-state index is 0.820. The average Bonchev–Trinajstić information content (AvgIpc) is 2.51. The molecule has 0 aromatic rings. The van der Waals surface area contributed by atoms with Crippen LogP contribution in [0.2, 0.25) is 0 Å². The van der Waals surface area contributed by atoms with E-state index in [-0.39, 0.29) is 0 Å². The molecule has 0 heterocycles. The SMILES string of the molecule is CC1C=CC(C2CCC(C)C2)C(C)C1. The summed E-state index contributed by atoms with van der Waals surface area (Å²) in [4.78, 5) is 0. The predicted molar refractivity (Wildman–Crippen MR) is 62.1 cm³/mol. The zero-order valence-corrected chi connectivity index (χ0v) is 9.87. The Bertz CT molecular complexity index is 216. The van der Waals surface area contributed by atoms with Gasteiger partial charge in [0, 0.05) is 0 Å². The molecule has 0 saturated heterocycles. The number of rotatable bonds is 1. The van der Waals surface area contributed by atoms with E-state index in [4.69, 9.17) is 0 Å². The van der Waals surface area contributed by atoms with Crippen LogP contribution >= 0.6 is 0 Å². The standard InChI is InChI=1S/C14H24/c1-10-5-7-14(12(3)8-10)13-6-4-11(2)9-13/h5,7,10-14H,4,6,8-9H2,1-3H3. The molecule has 0 N–H and O–H groups in total. The van der Waals surface area contributed by atoms with Crippen molar-refractivity contribution >= 4 is 0 Å². The fourth-order valence-electron chi connectivity index (χ4n) is 3.55. The summed E-state index contributed by atoms with van der Waals surface area (Å²) >= 11 is 0. The van der Waals surface area contributed by atoms with Crippen molar-refractivity contribution in [3.05, 3.63) is 12.2 Å². The molecule has 0 aromatic heterocycles. The van der Waals surface area contributed by atoms with Crippen molar-refractivity contribution in [2.24, 2.45) is 29.6 Å². The van der Waals surface area contributed by atoms with Gasteiger partial charge in [0.1, 0.15) is 0 Å². The molecule has 5 atom stereocenters. The minimum Gasteiger partial charge on any atom is -0.0854 e. The lowest BCUT2D eigenvalue weighted by atomic mass is 9.73. The van der Waals surface area contributed by atoms with Crippen LogP contribution in [-0.4, -0.2) is 0 Å². The van der Waals surface area contributed by atoms with Crippen molar-refractivity contribution < 1.29 is 0 Å². The topological polar surface area (TPSA) is 0 Å². The minimum absolute atomic E-state index is 0.820. The van der Waals surface area contributed by atoms with Crippen molar-refractivity contribution in [3.63, 3.8) is 0 Å². The first-order valence-corrected chi connectivity index (χ1v) is 6.35. The van der Waals surface area contributed by atoms with Crippen LogP contribution < -0.4 is 0 Å². The molecule has 80 valence electrons. The first-order chi connectivity index (χ1) is 6.66. The highest BCUT2D eigenvalue weighted by molar-refractivity contribution is 5.02. The summed E-state index contributed by atoms with van der Waals surface area (Å²) in [6.07, 6.45) is 10.8. The van der Waals surface area contributed by atoms with Crippen LogP contribution in [0.4, 0.5) is 0 Å². The molecule has 0 aliphatic heterocycles. The lowest BCUT2D eigenvalue weighted by Gasteiger charge is -2.32. The van der Waals surface area contributed by atoms with Crippen LogP contribution in [0.15, 0.2) is 12.2 Å². The molecule has 1 saturated carbocycles. The Balaban J connectivity index is 2.00. The van der Waals surface area contributed by atoms with Gasteiger partial charge in [0.2, 0.25) is 0 Å².